The van der Waals surface area contributed by atoms with E-state index >= 15 is 0 Å². The third kappa shape index (κ3) is 4.17. The summed E-state index contributed by atoms with van der Waals surface area (Å²) in [5.41, 5.74) is -1.57. The minimum absolute atomic E-state index is 0.148. The maximum absolute atomic E-state index is 13.5. The van der Waals surface area contributed by atoms with Crippen LogP contribution in [0, 0.1) is 5.82 Å². The first-order valence-electron chi connectivity index (χ1n) is 7.44. The van der Waals surface area contributed by atoms with Gasteiger partial charge in [-0.25, -0.2) is 19.0 Å². The molecule has 1 N–H and O–H groups in total. The van der Waals surface area contributed by atoms with Crippen molar-refractivity contribution < 1.29 is 27.4 Å². The second-order valence-corrected chi connectivity index (χ2v) is 5.67. The van der Waals surface area contributed by atoms with Crippen LogP contribution in [0.25, 0.3) is 5.82 Å². The second-order valence-electron chi connectivity index (χ2n) is 5.29. The lowest BCUT2D eigenvalue weighted by atomic mass is 10.1. The third-order valence-electron chi connectivity index (χ3n) is 3.52. The van der Waals surface area contributed by atoms with Gasteiger partial charge >= 0.3 is 6.18 Å². The lowest BCUT2D eigenvalue weighted by molar-refractivity contribution is -0.138. The summed E-state index contributed by atoms with van der Waals surface area (Å²) in [7, 11) is 0. The van der Waals surface area contributed by atoms with Gasteiger partial charge < -0.3 is 9.84 Å². The largest absolute Gasteiger partial charge is 0.487 e. The zero-order chi connectivity index (χ0) is 19.6. The number of aliphatic hydroxyl groups is 1. The highest BCUT2D eigenvalue weighted by Gasteiger charge is 2.35. The zero-order valence-electron chi connectivity index (χ0n) is 13.4. The molecule has 3 aromatic rings. The standard InChI is InChI=1S/C16H11ClF4N4O2/c17-15-10(11(16(19,20)21)2-3-12(15)18)7-27-9-1-4-14(22-5-9)25-8-23-13(6-26)24-25/h1-5,8,26H,6-7H2. The van der Waals surface area contributed by atoms with Gasteiger partial charge in [-0.3, -0.25) is 0 Å². The van der Waals surface area contributed by atoms with Crippen LogP contribution in [-0.4, -0.2) is 24.9 Å². The summed E-state index contributed by atoms with van der Waals surface area (Å²) in [5.74, 6) is -0.260. The van der Waals surface area contributed by atoms with Crippen molar-refractivity contribution in [3.63, 3.8) is 0 Å². The predicted octanol–water partition coefficient (Wildman–Crippen LogP) is 3.54. The van der Waals surface area contributed by atoms with Crippen molar-refractivity contribution in [3.05, 3.63) is 64.6 Å². The molecular weight excluding hydrogens is 392 g/mol. The molecule has 0 aliphatic carbocycles. The van der Waals surface area contributed by atoms with E-state index in [0.717, 1.165) is 0 Å². The van der Waals surface area contributed by atoms with Crippen molar-refractivity contribution in [2.45, 2.75) is 19.4 Å². The first-order valence-corrected chi connectivity index (χ1v) is 7.82. The first kappa shape index (κ1) is 19.1. The SMILES string of the molecule is OCc1ncn(-c2ccc(OCc3c(C(F)(F)F)ccc(F)c3Cl)cn2)n1. The summed E-state index contributed by atoms with van der Waals surface area (Å²) < 4.78 is 59.4. The Morgan fingerprint density at radius 3 is 2.52 bits per heavy atom. The molecule has 0 saturated heterocycles. The van der Waals surface area contributed by atoms with E-state index in [9.17, 15) is 17.6 Å². The lowest BCUT2D eigenvalue weighted by Gasteiger charge is -2.15. The van der Waals surface area contributed by atoms with Gasteiger partial charge in [0.15, 0.2) is 11.6 Å². The molecule has 2 heterocycles. The van der Waals surface area contributed by atoms with Crippen molar-refractivity contribution in [1.82, 2.24) is 19.7 Å². The summed E-state index contributed by atoms with van der Waals surface area (Å²) in [6, 6.07) is 4.21. The maximum Gasteiger partial charge on any atom is 0.416 e. The Morgan fingerprint density at radius 2 is 1.93 bits per heavy atom. The van der Waals surface area contributed by atoms with Crippen molar-refractivity contribution in [2.24, 2.45) is 0 Å². The smallest absolute Gasteiger partial charge is 0.416 e. The Labute approximate surface area is 155 Å². The normalized spacial score (nSPS) is 11.6. The summed E-state index contributed by atoms with van der Waals surface area (Å²) in [5, 5.41) is 12.3. The quantitative estimate of drug-likeness (QED) is 0.661. The van der Waals surface area contributed by atoms with Gasteiger partial charge in [0.2, 0.25) is 0 Å². The number of hydrogen-bond donors (Lipinski definition) is 1. The van der Waals surface area contributed by atoms with Gasteiger partial charge in [0.05, 0.1) is 16.8 Å². The highest BCUT2D eigenvalue weighted by atomic mass is 35.5. The molecule has 6 nitrogen and oxygen atoms in total. The van der Waals surface area contributed by atoms with E-state index in [0.29, 0.717) is 18.0 Å². The average molecular weight is 403 g/mol. The van der Waals surface area contributed by atoms with Gasteiger partial charge in [0.1, 0.15) is 31.1 Å². The fourth-order valence-electron chi connectivity index (χ4n) is 2.23. The topological polar surface area (TPSA) is 73.1 Å². The fourth-order valence-corrected chi connectivity index (χ4v) is 2.45. The molecule has 0 saturated carbocycles. The monoisotopic (exact) mass is 402 g/mol. The highest BCUT2D eigenvalue weighted by Crippen LogP contribution is 2.36. The minimum Gasteiger partial charge on any atom is -0.487 e. The molecule has 27 heavy (non-hydrogen) atoms. The summed E-state index contributed by atoms with van der Waals surface area (Å²) >= 11 is 5.68. The number of nitrogens with zero attached hydrogens (tertiary/aromatic N) is 4. The molecule has 3 rings (SSSR count). The van der Waals surface area contributed by atoms with E-state index < -0.39 is 34.7 Å². The summed E-state index contributed by atoms with van der Waals surface area (Å²) in [6.07, 6.45) is -2.09. The molecule has 11 heteroatoms. The Balaban J connectivity index is 1.78. The van der Waals surface area contributed by atoms with Gasteiger partial charge in [-0.05, 0) is 24.3 Å². The predicted molar refractivity (Wildman–Crippen MR) is 85.8 cm³/mol. The summed E-state index contributed by atoms with van der Waals surface area (Å²) in [4.78, 5) is 7.88. The molecule has 142 valence electrons. The van der Waals surface area contributed by atoms with Crippen LogP contribution in [0.5, 0.6) is 5.75 Å². The van der Waals surface area contributed by atoms with Gasteiger partial charge in [-0.1, -0.05) is 11.6 Å². The van der Waals surface area contributed by atoms with Crippen LogP contribution in [0.3, 0.4) is 0 Å². The Hall–Kier alpha value is -2.72. The molecule has 0 atom stereocenters. The van der Waals surface area contributed by atoms with Crippen LogP contribution < -0.4 is 4.74 Å². The van der Waals surface area contributed by atoms with Crippen molar-refractivity contribution >= 4 is 11.6 Å². The number of pyridine rings is 1. The molecule has 0 unspecified atom stereocenters. The number of aromatic nitrogens is 4. The minimum atomic E-state index is -4.70. The number of ether oxygens (including phenoxy) is 1. The Kier molecular flexibility index (Phi) is 5.29. The number of alkyl halides is 3. The van der Waals surface area contributed by atoms with Crippen LogP contribution in [0.1, 0.15) is 17.0 Å². The maximum atomic E-state index is 13.5. The molecule has 0 bridgehead atoms. The number of benzene rings is 1. The molecule has 1 aromatic carbocycles. The van der Waals surface area contributed by atoms with Crippen LogP contribution in [0.15, 0.2) is 36.8 Å². The zero-order valence-corrected chi connectivity index (χ0v) is 14.2. The van der Waals surface area contributed by atoms with Crippen LogP contribution in [0.2, 0.25) is 5.02 Å². The number of aliphatic hydroxyl groups excluding tert-OH is 1. The molecule has 0 amide bonds. The molecule has 0 aliphatic heterocycles. The van der Waals surface area contributed by atoms with E-state index in [1.807, 2.05) is 0 Å². The molecule has 2 aromatic heterocycles. The third-order valence-corrected chi connectivity index (χ3v) is 3.93. The summed E-state index contributed by atoms with van der Waals surface area (Å²) in [6.45, 7) is -0.922. The van der Waals surface area contributed by atoms with Gasteiger partial charge in [0, 0.05) is 5.56 Å². The average Bonchev–Trinajstić information content (AvgIpc) is 3.11. The van der Waals surface area contributed by atoms with Crippen LogP contribution in [-0.2, 0) is 19.4 Å². The van der Waals surface area contributed by atoms with Gasteiger partial charge in [-0.2, -0.15) is 13.2 Å². The lowest BCUT2D eigenvalue weighted by Crippen LogP contribution is -2.12. The number of hydrogen-bond acceptors (Lipinski definition) is 5. The van der Waals surface area contributed by atoms with Gasteiger partial charge in [-0.15, -0.1) is 5.10 Å². The van der Waals surface area contributed by atoms with E-state index in [2.05, 4.69) is 15.1 Å². The van der Waals surface area contributed by atoms with E-state index in [1.165, 1.54) is 29.3 Å². The van der Waals surface area contributed by atoms with Crippen molar-refractivity contribution in [1.29, 1.82) is 0 Å². The van der Waals surface area contributed by atoms with E-state index in [4.69, 9.17) is 21.4 Å². The van der Waals surface area contributed by atoms with Gasteiger partial charge in [0.25, 0.3) is 0 Å². The molecule has 0 radical (unpaired) electrons. The Morgan fingerprint density at radius 1 is 1.15 bits per heavy atom. The molecular formula is C16H11ClF4N4O2. The molecule has 0 spiro atoms. The van der Waals surface area contributed by atoms with Crippen LogP contribution in [0.4, 0.5) is 17.6 Å². The van der Waals surface area contributed by atoms with E-state index in [1.54, 1.807) is 0 Å². The fraction of sp³-hybridized carbons (Fsp3) is 0.188. The number of rotatable bonds is 5. The van der Waals surface area contributed by atoms with Crippen molar-refractivity contribution in [3.8, 4) is 11.6 Å². The molecule has 0 fully saturated rings. The van der Waals surface area contributed by atoms with Crippen LogP contribution >= 0.6 is 11.6 Å². The van der Waals surface area contributed by atoms with Crippen molar-refractivity contribution in [2.75, 3.05) is 0 Å². The Bertz CT molecular complexity index is 945. The van der Waals surface area contributed by atoms with E-state index in [-0.39, 0.29) is 18.2 Å². The number of halogens is 5. The first-order chi connectivity index (χ1) is 12.8. The molecule has 0 aliphatic rings. The highest BCUT2D eigenvalue weighted by molar-refractivity contribution is 6.31. The second kappa shape index (κ2) is 7.49.